The Morgan fingerprint density at radius 3 is 2.79 bits per heavy atom. The van der Waals surface area contributed by atoms with Gasteiger partial charge in [-0.25, -0.2) is 4.98 Å². The Balaban J connectivity index is 1.78. The molecule has 1 N–H and O–H groups in total. The van der Waals surface area contributed by atoms with Crippen molar-refractivity contribution in [1.29, 1.82) is 0 Å². The van der Waals surface area contributed by atoms with Crippen LogP contribution < -0.4 is 5.32 Å². The van der Waals surface area contributed by atoms with Gasteiger partial charge in [0.15, 0.2) is 0 Å². The fourth-order valence-electron chi connectivity index (χ4n) is 1.95. The molecule has 4 nitrogen and oxygen atoms in total. The van der Waals surface area contributed by atoms with E-state index < -0.39 is 0 Å². The molecule has 0 fully saturated rings. The number of thiophene rings is 1. The quantitative estimate of drug-likeness (QED) is 0.790. The number of rotatable bonds is 4. The summed E-state index contributed by atoms with van der Waals surface area (Å²) in [6.45, 7) is 2.92. The fraction of sp³-hybridized carbons (Fsp3) is 0.214. The van der Waals surface area contributed by atoms with Gasteiger partial charge >= 0.3 is 0 Å². The molecule has 19 heavy (non-hydrogen) atoms. The largest absolute Gasteiger partial charge is 0.348 e. The van der Waals surface area contributed by atoms with Crippen LogP contribution in [0, 0.1) is 0 Å². The number of fused-ring (bicyclic) bond motifs is 1. The second-order valence-electron chi connectivity index (χ2n) is 4.20. The lowest BCUT2D eigenvalue weighted by Gasteiger charge is -2.05. The van der Waals surface area contributed by atoms with Crippen LogP contribution in [-0.4, -0.2) is 15.2 Å². The van der Waals surface area contributed by atoms with E-state index in [1.165, 1.54) is 10.4 Å². The lowest BCUT2D eigenvalue weighted by Crippen LogP contribution is -2.05. The first-order chi connectivity index (χ1) is 9.36. The first kappa shape index (κ1) is 12.0. The summed E-state index contributed by atoms with van der Waals surface area (Å²) in [5, 5.41) is 13.6. The van der Waals surface area contributed by atoms with Gasteiger partial charge in [-0.3, -0.25) is 0 Å². The van der Waals surface area contributed by atoms with Crippen LogP contribution in [0.2, 0.25) is 0 Å². The maximum atomic E-state index is 4.45. The minimum Gasteiger partial charge on any atom is -0.348 e. The Bertz CT molecular complexity index is 692. The predicted octanol–water partition coefficient (Wildman–Crippen LogP) is 3.26. The van der Waals surface area contributed by atoms with Crippen LogP contribution in [0.1, 0.15) is 17.4 Å². The zero-order valence-corrected chi connectivity index (χ0v) is 11.4. The van der Waals surface area contributed by atoms with Crippen LogP contribution in [0.15, 0.2) is 35.7 Å². The van der Waals surface area contributed by atoms with Crippen molar-refractivity contribution in [3.8, 4) is 0 Å². The molecule has 2 heterocycles. The number of hydrogen-bond acceptors (Lipinski definition) is 5. The fourth-order valence-corrected chi connectivity index (χ4v) is 2.87. The summed E-state index contributed by atoms with van der Waals surface area (Å²) in [6, 6.07) is 9.91. The van der Waals surface area contributed by atoms with Crippen LogP contribution in [0.25, 0.3) is 11.0 Å². The van der Waals surface area contributed by atoms with Gasteiger partial charge in [0.1, 0.15) is 5.52 Å². The smallest absolute Gasteiger partial charge is 0.243 e. The van der Waals surface area contributed by atoms with Gasteiger partial charge in [0, 0.05) is 4.88 Å². The van der Waals surface area contributed by atoms with E-state index in [0.717, 1.165) is 24.0 Å². The van der Waals surface area contributed by atoms with Crippen LogP contribution in [0.3, 0.4) is 0 Å². The molecular formula is C14H14N4S. The van der Waals surface area contributed by atoms with Crippen molar-refractivity contribution in [2.24, 2.45) is 0 Å². The molecule has 0 aliphatic carbocycles. The SMILES string of the molecule is CCc1ccsc1CNc1nnc2ccccc2n1. The van der Waals surface area contributed by atoms with Crippen molar-refractivity contribution in [3.05, 3.63) is 46.2 Å². The third kappa shape index (κ3) is 2.56. The van der Waals surface area contributed by atoms with E-state index in [1.807, 2.05) is 24.3 Å². The predicted molar refractivity (Wildman–Crippen MR) is 78.4 cm³/mol. The van der Waals surface area contributed by atoms with E-state index in [4.69, 9.17) is 0 Å². The second kappa shape index (κ2) is 5.32. The number of anilines is 1. The van der Waals surface area contributed by atoms with Gasteiger partial charge in [-0.1, -0.05) is 19.1 Å². The molecule has 0 spiro atoms. The van der Waals surface area contributed by atoms with Crippen molar-refractivity contribution >= 4 is 28.3 Å². The highest BCUT2D eigenvalue weighted by Gasteiger charge is 2.04. The number of aromatic nitrogens is 3. The number of para-hydroxylation sites is 1. The van der Waals surface area contributed by atoms with Gasteiger partial charge in [0.2, 0.25) is 5.95 Å². The van der Waals surface area contributed by atoms with Gasteiger partial charge in [0.05, 0.1) is 12.1 Å². The molecule has 0 atom stereocenters. The number of nitrogens with zero attached hydrogens (tertiary/aromatic N) is 3. The second-order valence-corrected chi connectivity index (χ2v) is 5.20. The van der Waals surface area contributed by atoms with E-state index in [1.54, 1.807) is 11.3 Å². The van der Waals surface area contributed by atoms with Gasteiger partial charge in [0.25, 0.3) is 0 Å². The monoisotopic (exact) mass is 270 g/mol. The van der Waals surface area contributed by atoms with Crippen molar-refractivity contribution in [1.82, 2.24) is 15.2 Å². The zero-order chi connectivity index (χ0) is 13.1. The minimum absolute atomic E-state index is 0.578. The molecule has 0 aliphatic heterocycles. The summed E-state index contributed by atoms with van der Waals surface area (Å²) in [5.74, 6) is 0.578. The Hall–Kier alpha value is -2.01. The summed E-state index contributed by atoms with van der Waals surface area (Å²) in [7, 11) is 0. The number of nitrogens with one attached hydrogen (secondary N) is 1. The van der Waals surface area contributed by atoms with Crippen molar-refractivity contribution < 1.29 is 0 Å². The zero-order valence-electron chi connectivity index (χ0n) is 10.6. The molecule has 0 aliphatic rings. The van der Waals surface area contributed by atoms with Crippen LogP contribution in [-0.2, 0) is 13.0 Å². The Morgan fingerprint density at radius 2 is 1.95 bits per heavy atom. The summed E-state index contributed by atoms with van der Waals surface area (Å²) in [5.41, 5.74) is 3.06. The third-order valence-electron chi connectivity index (χ3n) is 2.99. The average molecular weight is 270 g/mol. The molecule has 5 heteroatoms. The molecule has 1 aromatic carbocycles. The molecule has 0 saturated heterocycles. The topological polar surface area (TPSA) is 50.7 Å². The van der Waals surface area contributed by atoms with Gasteiger partial charge in [-0.15, -0.1) is 21.5 Å². The van der Waals surface area contributed by atoms with Crippen LogP contribution >= 0.6 is 11.3 Å². The van der Waals surface area contributed by atoms with Crippen molar-refractivity contribution in [2.75, 3.05) is 5.32 Å². The first-order valence-corrected chi connectivity index (χ1v) is 7.13. The molecule has 0 bridgehead atoms. The van der Waals surface area contributed by atoms with Gasteiger partial charge in [-0.2, -0.15) is 0 Å². The first-order valence-electron chi connectivity index (χ1n) is 6.25. The van der Waals surface area contributed by atoms with Crippen LogP contribution in [0.4, 0.5) is 5.95 Å². The maximum Gasteiger partial charge on any atom is 0.243 e. The number of hydrogen-bond donors (Lipinski definition) is 1. The Morgan fingerprint density at radius 1 is 1.11 bits per heavy atom. The van der Waals surface area contributed by atoms with Crippen molar-refractivity contribution in [3.63, 3.8) is 0 Å². The van der Waals surface area contributed by atoms with Gasteiger partial charge < -0.3 is 5.32 Å². The average Bonchev–Trinajstić information content (AvgIpc) is 2.92. The number of aryl methyl sites for hydroxylation is 1. The molecular weight excluding hydrogens is 256 g/mol. The van der Waals surface area contributed by atoms with Crippen LogP contribution in [0.5, 0.6) is 0 Å². The number of benzene rings is 1. The molecule has 96 valence electrons. The highest BCUT2D eigenvalue weighted by atomic mass is 32.1. The molecule has 3 rings (SSSR count). The summed E-state index contributed by atoms with van der Waals surface area (Å²) in [6.07, 6.45) is 1.05. The highest BCUT2D eigenvalue weighted by Crippen LogP contribution is 2.18. The molecule has 0 saturated carbocycles. The van der Waals surface area contributed by atoms with E-state index in [0.29, 0.717) is 5.95 Å². The van der Waals surface area contributed by atoms with E-state index in [-0.39, 0.29) is 0 Å². The Kier molecular flexibility index (Phi) is 3.37. The summed E-state index contributed by atoms with van der Waals surface area (Å²) in [4.78, 5) is 5.78. The molecule has 3 aromatic rings. The summed E-state index contributed by atoms with van der Waals surface area (Å²) < 4.78 is 0. The lowest BCUT2D eigenvalue weighted by molar-refractivity contribution is 0.981. The van der Waals surface area contributed by atoms with Gasteiger partial charge in [-0.05, 0) is 35.6 Å². The molecule has 0 amide bonds. The third-order valence-corrected chi connectivity index (χ3v) is 3.95. The van der Waals surface area contributed by atoms with E-state index in [9.17, 15) is 0 Å². The van der Waals surface area contributed by atoms with E-state index in [2.05, 4.69) is 38.9 Å². The highest BCUT2D eigenvalue weighted by molar-refractivity contribution is 7.10. The molecule has 0 radical (unpaired) electrons. The summed E-state index contributed by atoms with van der Waals surface area (Å²) >= 11 is 1.76. The van der Waals surface area contributed by atoms with E-state index >= 15 is 0 Å². The normalized spacial score (nSPS) is 10.8. The standard InChI is InChI=1S/C14H14N4S/c1-2-10-7-8-19-13(10)9-15-14-16-11-5-3-4-6-12(11)17-18-14/h3-8H,2,9H2,1H3,(H,15,16,18). The molecule has 0 unspecified atom stereocenters. The van der Waals surface area contributed by atoms with Crippen molar-refractivity contribution in [2.45, 2.75) is 19.9 Å². The molecule has 2 aromatic heterocycles. The Labute approximate surface area is 115 Å². The minimum atomic E-state index is 0.578. The lowest BCUT2D eigenvalue weighted by atomic mass is 10.2. The maximum absolute atomic E-state index is 4.45.